The molecule has 136 valence electrons. The Morgan fingerprint density at radius 1 is 1.19 bits per heavy atom. The third-order valence-corrected chi connectivity index (χ3v) is 4.99. The normalized spacial score (nSPS) is 10.8. The number of hydrogen-bond acceptors (Lipinski definition) is 4. The molecule has 2 aromatic carbocycles. The number of carbonyl (C=O) groups is 1. The van der Waals surface area contributed by atoms with E-state index in [0.29, 0.717) is 17.8 Å². The highest BCUT2D eigenvalue weighted by Gasteiger charge is 2.18. The number of hydrogen-bond donors (Lipinski definition) is 1. The van der Waals surface area contributed by atoms with E-state index in [4.69, 9.17) is 5.26 Å². The molecule has 0 radical (unpaired) electrons. The Morgan fingerprint density at radius 3 is 2.46 bits per heavy atom. The molecule has 0 aliphatic rings. The molecule has 0 fully saturated rings. The van der Waals surface area contributed by atoms with Crippen molar-refractivity contribution in [2.24, 2.45) is 0 Å². The third kappa shape index (κ3) is 5.60. The van der Waals surface area contributed by atoms with Crippen molar-refractivity contribution in [3.8, 4) is 6.07 Å². The van der Waals surface area contributed by atoms with E-state index in [9.17, 15) is 13.2 Å². The van der Waals surface area contributed by atoms with Gasteiger partial charge in [-0.15, -0.1) is 0 Å². The molecule has 0 heterocycles. The van der Waals surface area contributed by atoms with Gasteiger partial charge in [-0.3, -0.25) is 9.10 Å². The molecule has 1 N–H and O–H groups in total. The van der Waals surface area contributed by atoms with Crippen LogP contribution < -0.4 is 9.62 Å². The van der Waals surface area contributed by atoms with E-state index in [1.165, 1.54) is 4.31 Å². The van der Waals surface area contributed by atoms with E-state index in [0.717, 1.165) is 17.4 Å². The molecule has 0 saturated carbocycles. The van der Waals surface area contributed by atoms with Gasteiger partial charge in [-0.1, -0.05) is 29.8 Å². The Balaban J connectivity index is 1.98. The second-order valence-corrected chi connectivity index (χ2v) is 7.92. The molecule has 0 atom stereocenters. The average Bonchev–Trinajstić information content (AvgIpc) is 2.59. The highest BCUT2D eigenvalue weighted by Crippen LogP contribution is 2.18. The van der Waals surface area contributed by atoms with E-state index in [2.05, 4.69) is 5.32 Å². The molecular weight excluding hydrogens is 350 g/mol. The van der Waals surface area contributed by atoms with E-state index < -0.39 is 10.0 Å². The summed E-state index contributed by atoms with van der Waals surface area (Å²) in [7, 11) is -3.54. The van der Waals surface area contributed by atoms with Gasteiger partial charge in [-0.05, 0) is 36.8 Å². The highest BCUT2D eigenvalue weighted by molar-refractivity contribution is 7.92. The zero-order valence-electron chi connectivity index (χ0n) is 14.8. The van der Waals surface area contributed by atoms with Crippen LogP contribution in [0.4, 0.5) is 5.69 Å². The SMILES string of the molecule is Cc1cccc(CNC(=O)CCN(c2ccc(C#N)cc2)S(C)(=O)=O)c1. The summed E-state index contributed by atoms with van der Waals surface area (Å²) in [5.74, 6) is -0.228. The average molecular weight is 371 g/mol. The predicted octanol–water partition coefficient (Wildman–Crippen LogP) is 2.34. The van der Waals surface area contributed by atoms with E-state index in [-0.39, 0.29) is 18.9 Å². The van der Waals surface area contributed by atoms with Gasteiger partial charge in [0.25, 0.3) is 0 Å². The first-order valence-electron chi connectivity index (χ1n) is 8.10. The molecule has 2 rings (SSSR count). The van der Waals surface area contributed by atoms with Crippen LogP contribution in [0, 0.1) is 18.3 Å². The molecule has 2 aromatic rings. The first kappa shape index (κ1) is 19.5. The van der Waals surface area contributed by atoms with E-state index >= 15 is 0 Å². The largest absolute Gasteiger partial charge is 0.352 e. The highest BCUT2D eigenvalue weighted by atomic mass is 32.2. The van der Waals surface area contributed by atoms with E-state index in [1.807, 2.05) is 37.3 Å². The van der Waals surface area contributed by atoms with E-state index in [1.54, 1.807) is 24.3 Å². The predicted molar refractivity (Wildman–Crippen MR) is 101 cm³/mol. The van der Waals surface area contributed by atoms with Gasteiger partial charge < -0.3 is 5.32 Å². The fourth-order valence-electron chi connectivity index (χ4n) is 2.50. The quantitative estimate of drug-likeness (QED) is 0.809. The van der Waals surface area contributed by atoms with Crippen molar-refractivity contribution in [2.75, 3.05) is 17.1 Å². The maximum Gasteiger partial charge on any atom is 0.232 e. The summed E-state index contributed by atoms with van der Waals surface area (Å²) in [5, 5.41) is 11.6. The number of nitrogens with zero attached hydrogens (tertiary/aromatic N) is 2. The van der Waals surface area contributed by atoms with Gasteiger partial charge in [-0.2, -0.15) is 5.26 Å². The van der Waals surface area contributed by atoms with Gasteiger partial charge in [0.2, 0.25) is 15.9 Å². The fraction of sp³-hybridized carbons (Fsp3) is 0.263. The summed E-state index contributed by atoms with van der Waals surface area (Å²) in [6.07, 6.45) is 1.13. The number of rotatable bonds is 7. The Bertz CT molecular complexity index is 916. The molecule has 0 aliphatic heterocycles. The number of anilines is 1. The van der Waals surface area contributed by atoms with Crippen molar-refractivity contribution in [1.82, 2.24) is 5.32 Å². The molecule has 0 spiro atoms. The first-order chi connectivity index (χ1) is 12.3. The molecule has 6 nitrogen and oxygen atoms in total. The molecule has 1 amide bonds. The van der Waals surface area contributed by atoms with Gasteiger partial charge in [0.05, 0.1) is 23.6 Å². The summed E-state index contributed by atoms with van der Waals surface area (Å²) < 4.78 is 25.3. The third-order valence-electron chi connectivity index (χ3n) is 3.80. The zero-order chi connectivity index (χ0) is 19.2. The van der Waals surface area contributed by atoms with Gasteiger partial charge in [0.1, 0.15) is 0 Å². The Kier molecular flexibility index (Phi) is 6.36. The zero-order valence-corrected chi connectivity index (χ0v) is 15.6. The van der Waals surface area contributed by atoms with Crippen LogP contribution in [-0.4, -0.2) is 27.1 Å². The number of aryl methyl sites for hydroxylation is 1. The minimum atomic E-state index is -3.54. The molecule has 0 aliphatic carbocycles. The van der Waals surface area contributed by atoms with Crippen molar-refractivity contribution in [1.29, 1.82) is 5.26 Å². The molecule has 0 bridgehead atoms. The van der Waals surface area contributed by atoms with Crippen LogP contribution in [0.25, 0.3) is 0 Å². The smallest absolute Gasteiger partial charge is 0.232 e. The lowest BCUT2D eigenvalue weighted by Crippen LogP contribution is -2.34. The number of benzene rings is 2. The Morgan fingerprint density at radius 2 is 1.88 bits per heavy atom. The lowest BCUT2D eigenvalue weighted by Gasteiger charge is -2.22. The molecule has 0 saturated heterocycles. The van der Waals surface area contributed by atoms with Crippen LogP contribution in [0.2, 0.25) is 0 Å². The number of carbonyl (C=O) groups excluding carboxylic acids is 1. The van der Waals surface area contributed by atoms with Crippen molar-refractivity contribution in [2.45, 2.75) is 19.9 Å². The summed E-state index contributed by atoms with van der Waals surface area (Å²) in [6.45, 7) is 2.41. The summed E-state index contributed by atoms with van der Waals surface area (Å²) in [4.78, 5) is 12.1. The van der Waals surface area contributed by atoms with Crippen molar-refractivity contribution in [3.05, 3.63) is 65.2 Å². The second kappa shape index (κ2) is 8.50. The molecule has 26 heavy (non-hydrogen) atoms. The lowest BCUT2D eigenvalue weighted by atomic mass is 10.1. The van der Waals surface area contributed by atoms with Gasteiger partial charge in [0, 0.05) is 19.5 Å². The summed E-state index contributed by atoms with van der Waals surface area (Å²) in [5.41, 5.74) is 2.97. The minimum absolute atomic E-state index is 0.0321. The monoisotopic (exact) mass is 371 g/mol. The first-order valence-corrected chi connectivity index (χ1v) is 9.94. The number of sulfonamides is 1. The van der Waals surface area contributed by atoms with Crippen LogP contribution in [0.5, 0.6) is 0 Å². The Labute approximate surface area is 154 Å². The molecule has 0 unspecified atom stereocenters. The molecular formula is C19H21N3O3S. The van der Waals surface area contributed by atoms with Crippen LogP contribution >= 0.6 is 0 Å². The molecule has 0 aromatic heterocycles. The summed E-state index contributed by atoms with van der Waals surface area (Å²) in [6, 6.07) is 16.0. The Hall–Kier alpha value is -2.85. The van der Waals surface area contributed by atoms with Crippen LogP contribution in [0.15, 0.2) is 48.5 Å². The topological polar surface area (TPSA) is 90.3 Å². The van der Waals surface area contributed by atoms with Crippen LogP contribution in [0.3, 0.4) is 0 Å². The van der Waals surface area contributed by atoms with Crippen molar-refractivity contribution in [3.63, 3.8) is 0 Å². The number of nitrogens with one attached hydrogen (secondary N) is 1. The lowest BCUT2D eigenvalue weighted by molar-refractivity contribution is -0.121. The standard InChI is InChI=1S/C19H21N3O3S/c1-15-4-3-5-17(12-15)14-21-19(23)10-11-22(26(2,24)25)18-8-6-16(13-20)7-9-18/h3-9,12H,10-11,14H2,1-2H3,(H,21,23). The maximum atomic E-state index is 12.1. The van der Waals surface area contributed by atoms with Crippen LogP contribution in [-0.2, 0) is 21.4 Å². The van der Waals surface area contributed by atoms with Crippen molar-refractivity contribution < 1.29 is 13.2 Å². The number of amides is 1. The fourth-order valence-corrected chi connectivity index (χ4v) is 3.43. The van der Waals surface area contributed by atoms with Gasteiger partial charge in [-0.25, -0.2) is 8.42 Å². The number of nitriles is 1. The van der Waals surface area contributed by atoms with Gasteiger partial charge >= 0.3 is 0 Å². The van der Waals surface area contributed by atoms with Crippen LogP contribution in [0.1, 0.15) is 23.1 Å². The second-order valence-electron chi connectivity index (χ2n) is 6.01. The maximum absolute atomic E-state index is 12.1. The van der Waals surface area contributed by atoms with Crippen molar-refractivity contribution >= 4 is 21.6 Å². The molecule has 7 heteroatoms. The minimum Gasteiger partial charge on any atom is -0.352 e. The van der Waals surface area contributed by atoms with Gasteiger partial charge in [0.15, 0.2) is 0 Å². The summed E-state index contributed by atoms with van der Waals surface area (Å²) >= 11 is 0.